The lowest BCUT2D eigenvalue weighted by Gasteiger charge is -2.19. The number of allylic oxidation sites excluding steroid dienone is 1. The second kappa shape index (κ2) is 5.53. The van der Waals surface area contributed by atoms with E-state index in [0.717, 1.165) is 6.08 Å². The van der Waals surface area contributed by atoms with Gasteiger partial charge in [-0.1, -0.05) is 13.8 Å². The van der Waals surface area contributed by atoms with Crippen LogP contribution in [-0.2, 0) is 0 Å². The summed E-state index contributed by atoms with van der Waals surface area (Å²) in [5.74, 6) is 0.360. The Hall–Kier alpha value is -1.52. The van der Waals surface area contributed by atoms with Crippen LogP contribution in [-0.4, -0.2) is 9.97 Å². The van der Waals surface area contributed by atoms with Crippen LogP contribution in [0.5, 0.6) is 0 Å². The van der Waals surface area contributed by atoms with E-state index in [1.807, 2.05) is 13.8 Å². The van der Waals surface area contributed by atoms with E-state index in [2.05, 4.69) is 9.97 Å². The Bertz CT molecular complexity index is 373. The molecule has 0 aliphatic carbocycles. The molecular weight excluding hydrogens is 212 g/mol. The van der Waals surface area contributed by atoms with Gasteiger partial charge in [-0.05, 0) is 18.4 Å². The summed E-state index contributed by atoms with van der Waals surface area (Å²) in [6, 6.07) is 0. The third-order valence-corrected chi connectivity index (χ3v) is 2.44. The molecule has 1 heterocycles. The molecule has 0 radical (unpaired) electrons. The van der Waals surface area contributed by atoms with Gasteiger partial charge in [-0.2, -0.15) is 8.78 Å². The van der Waals surface area contributed by atoms with Crippen molar-refractivity contribution in [2.24, 2.45) is 5.92 Å². The van der Waals surface area contributed by atoms with Crippen molar-refractivity contribution < 1.29 is 8.78 Å². The molecule has 0 amide bonds. The Morgan fingerprint density at radius 2 is 2.00 bits per heavy atom. The summed E-state index contributed by atoms with van der Waals surface area (Å²) in [7, 11) is 0. The van der Waals surface area contributed by atoms with Gasteiger partial charge in [0.05, 0.1) is 5.69 Å². The predicted octanol–water partition coefficient (Wildman–Crippen LogP) is 2.97. The molecule has 0 aromatic carbocycles. The van der Waals surface area contributed by atoms with Crippen molar-refractivity contribution >= 4 is 5.82 Å². The molecule has 1 aromatic rings. The molecule has 0 saturated heterocycles. The highest BCUT2D eigenvalue weighted by atomic mass is 19.3. The van der Waals surface area contributed by atoms with Gasteiger partial charge in [0.25, 0.3) is 6.08 Å². The van der Waals surface area contributed by atoms with Gasteiger partial charge in [0.1, 0.15) is 5.82 Å². The van der Waals surface area contributed by atoms with Crippen LogP contribution in [0.2, 0.25) is 0 Å². The molecule has 0 aliphatic rings. The molecular formula is C11H15F2N3. The summed E-state index contributed by atoms with van der Waals surface area (Å²) in [4.78, 5) is 8.03. The molecule has 0 bridgehead atoms. The van der Waals surface area contributed by atoms with E-state index in [-0.39, 0.29) is 18.3 Å². The number of hydrogen-bond acceptors (Lipinski definition) is 3. The van der Waals surface area contributed by atoms with Crippen LogP contribution >= 0.6 is 0 Å². The summed E-state index contributed by atoms with van der Waals surface area (Å²) >= 11 is 0. The SMILES string of the molecule is CC(C)[C@H](CC=C(F)F)c1nccnc1N. The first-order valence-electron chi connectivity index (χ1n) is 5.10. The maximum atomic E-state index is 12.1. The number of nitrogens with two attached hydrogens (primary N) is 1. The normalized spacial score (nSPS) is 12.6. The lowest BCUT2D eigenvalue weighted by atomic mass is 9.89. The fourth-order valence-corrected chi connectivity index (χ4v) is 1.56. The number of hydrogen-bond donors (Lipinski definition) is 1. The molecule has 2 N–H and O–H groups in total. The molecule has 1 atom stereocenters. The first-order chi connectivity index (χ1) is 7.52. The van der Waals surface area contributed by atoms with Crippen molar-refractivity contribution in [1.29, 1.82) is 0 Å². The van der Waals surface area contributed by atoms with Gasteiger partial charge in [-0.25, -0.2) is 4.98 Å². The largest absolute Gasteiger partial charge is 0.382 e. The van der Waals surface area contributed by atoms with Crippen molar-refractivity contribution in [2.75, 3.05) is 5.73 Å². The average molecular weight is 227 g/mol. The summed E-state index contributed by atoms with van der Waals surface area (Å²) in [5, 5.41) is 0. The van der Waals surface area contributed by atoms with Crippen molar-refractivity contribution in [1.82, 2.24) is 9.97 Å². The highest BCUT2D eigenvalue weighted by Crippen LogP contribution is 2.29. The van der Waals surface area contributed by atoms with E-state index in [1.165, 1.54) is 12.4 Å². The van der Waals surface area contributed by atoms with Gasteiger partial charge >= 0.3 is 0 Å². The fourth-order valence-electron chi connectivity index (χ4n) is 1.56. The van der Waals surface area contributed by atoms with Crippen LogP contribution in [0.15, 0.2) is 24.6 Å². The number of nitrogens with zero attached hydrogens (tertiary/aromatic N) is 2. The molecule has 0 unspecified atom stereocenters. The minimum Gasteiger partial charge on any atom is -0.382 e. The zero-order valence-electron chi connectivity index (χ0n) is 9.32. The van der Waals surface area contributed by atoms with Crippen LogP contribution in [0.25, 0.3) is 0 Å². The summed E-state index contributed by atoms with van der Waals surface area (Å²) < 4.78 is 24.1. The topological polar surface area (TPSA) is 51.8 Å². The van der Waals surface area contributed by atoms with E-state index < -0.39 is 6.08 Å². The minimum absolute atomic E-state index is 0.129. The quantitative estimate of drug-likeness (QED) is 0.860. The molecule has 0 spiro atoms. The zero-order valence-corrected chi connectivity index (χ0v) is 9.32. The smallest absolute Gasteiger partial charge is 0.266 e. The maximum Gasteiger partial charge on any atom is 0.266 e. The van der Waals surface area contributed by atoms with Gasteiger partial charge in [0, 0.05) is 18.3 Å². The number of rotatable bonds is 4. The lowest BCUT2D eigenvalue weighted by Crippen LogP contribution is -2.11. The van der Waals surface area contributed by atoms with Crippen molar-refractivity contribution in [3.63, 3.8) is 0 Å². The van der Waals surface area contributed by atoms with E-state index in [4.69, 9.17) is 5.73 Å². The van der Waals surface area contributed by atoms with E-state index >= 15 is 0 Å². The summed E-state index contributed by atoms with van der Waals surface area (Å²) in [5.41, 5.74) is 6.28. The van der Waals surface area contributed by atoms with Crippen molar-refractivity contribution in [3.8, 4) is 0 Å². The van der Waals surface area contributed by atoms with Gasteiger partial charge in [0.2, 0.25) is 0 Å². The van der Waals surface area contributed by atoms with Gasteiger partial charge in [-0.15, -0.1) is 0 Å². The Balaban J connectivity index is 2.94. The highest BCUT2D eigenvalue weighted by Gasteiger charge is 2.19. The average Bonchev–Trinajstić information content (AvgIpc) is 2.20. The molecule has 3 nitrogen and oxygen atoms in total. The molecule has 1 rings (SSSR count). The standard InChI is InChI=1S/C11H15F2N3/c1-7(2)8(3-4-9(12)13)10-11(14)16-6-5-15-10/h4-8H,3H2,1-2H3,(H2,14,16)/t8-/m0/s1. The molecule has 88 valence electrons. The van der Waals surface area contributed by atoms with Gasteiger partial charge in [0.15, 0.2) is 0 Å². The summed E-state index contributed by atoms with van der Waals surface area (Å²) in [6.45, 7) is 3.89. The maximum absolute atomic E-state index is 12.1. The molecule has 0 aliphatic heterocycles. The number of nitrogen functional groups attached to an aromatic ring is 1. The number of halogens is 2. The Labute approximate surface area is 93.4 Å². The van der Waals surface area contributed by atoms with E-state index in [0.29, 0.717) is 11.5 Å². The predicted molar refractivity (Wildman–Crippen MR) is 58.9 cm³/mol. The summed E-state index contributed by atoms with van der Waals surface area (Å²) in [6.07, 6.45) is 2.47. The molecule has 1 aromatic heterocycles. The second-order valence-electron chi connectivity index (χ2n) is 3.91. The highest BCUT2D eigenvalue weighted by molar-refractivity contribution is 5.36. The third-order valence-electron chi connectivity index (χ3n) is 2.44. The molecule has 0 fully saturated rings. The van der Waals surface area contributed by atoms with Gasteiger partial charge < -0.3 is 5.73 Å². The molecule has 16 heavy (non-hydrogen) atoms. The Morgan fingerprint density at radius 3 is 2.50 bits per heavy atom. The first-order valence-corrected chi connectivity index (χ1v) is 5.10. The van der Waals surface area contributed by atoms with Crippen LogP contribution in [0.3, 0.4) is 0 Å². The Kier molecular flexibility index (Phi) is 4.34. The first kappa shape index (κ1) is 12.5. The van der Waals surface area contributed by atoms with Crippen LogP contribution in [0.4, 0.5) is 14.6 Å². The van der Waals surface area contributed by atoms with Crippen molar-refractivity contribution in [3.05, 3.63) is 30.2 Å². The van der Waals surface area contributed by atoms with E-state index in [1.54, 1.807) is 0 Å². The minimum atomic E-state index is -1.67. The van der Waals surface area contributed by atoms with E-state index in [9.17, 15) is 8.78 Å². The monoisotopic (exact) mass is 227 g/mol. The van der Waals surface area contributed by atoms with Gasteiger partial charge in [-0.3, -0.25) is 4.98 Å². The Morgan fingerprint density at radius 1 is 1.38 bits per heavy atom. The van der Waals surface area contributed by atoms with Crippen LogP contribution in [0, 0.1) is 5.92 Å². The number of aromatic nitrogens is 2. The number of anilines is 1. The second-order valence-corrected chi connectivity index (χ2v) is 3.91. The molecule has 5 heteroatoms. The molecule has 0 saturated carbocycles. The van der Waals surface area contributed by atoms with Crippen LogP contribution in [0.1, 0.15) is 31.9 Å². The van der Waals surface area contributed by atoms with Crippen molar-refractivity contribution in [2.45, 2.75) is 26.2 Å². The fraction of sp³-hybridized carbons (Fsp3) is 0.455. The lowest BCUT2D eigenvalue weighted by molar-refractivity contribution is 0.408. The zero-order chi connectivity index (χ0) is 12.1. The van der Waals surface area contributed by atoms with Crippen LogP contribution < -0.4 is 5.73 Å². The third kappa shape index (κ3) is 3.25.